The normalized spacial score (nSPS) is 14.6. The second-order valence-corrected chi connectivity index (χ2v) is 7.00. The van der Waals surface area contributed by atoms with Gasteiger partial charge in [-0.3, -0.25) is 9.59 Å². The zero-order chi connectivity index (χ0) is 20.5. The van der Waals surface area contributed by atoms with Crippen LogP contribution >= 0.6 is 0 Å². The van der Waals surface area contributed by atoms with Crippen molar-refractivity contribution in [3.05, 3.63) is 71.4 Å². The number of aromatic nitrogens is 1. The number of halogens is 1. The van der Waals surface area contributed by atoms with Gasteiger partial charge in [-0.1, -0.05) is 24.3 Å². The van der Waals surface area contributed by atoms with Gasteiger partial charge in [-0.25, -0.2) is 9.37 Å². The Bertz CT molecular complexity index is 1080. The maximum absolute atomic E-state index is 13.9. The first-order chi connectivity index (χ1) is 13.9. The highest BCUT2D eigenvalue weighted by atomic mass is 19.1. The van der Waals surface area contributed by atoms with Gasteiger partial charge in [0.05, 0.1) is 6.54 Å². The standard InChI is InChI=1S/C22H20FN3O3/c1-14-8-9-17(12-18(14)23)26-11-10-25(21(27)22(26)28)13-19-15(2)29-20(24-19)16-6-4-3-5-7-16/h3-9,12H,10-11,13H2,1-2H3. The van der Waals surface area contributed by atoms with Gasteiger partial charge in [0.15, 0.2) is 0 Å². The Kier molecular flexibility index (Phi) is 4.88. The van der Waals surface area contributed by atoms with Gasteiger partial charge in [0.1, 0.15) is 17.3 Å². The van der Waals surface area contributed by atoms with Crippen LogP contribution in [0, 0.1) is 19.7 Å². The van der Waals surface area contributed by atoms with Crippen molar-refractivity contribution >= 4 is 17.5 Å². The van der Waals surface area contributed by atoms with Crippen LogP contribution in [0.5, 0.6) is 0 Å². The Morgan fingerprint density at radius 3 is 2.52 bits per heavy atom. The first-order valence-corrected chi connectivity index (χ1v) is 9.32. The number of oxazole rings is 1. The number of anilines is 1. The van der Waals surface area contributed by atoms with E-state index in [1.807, 2.05) is 30.3 Å². The van der Waals surface area contributed by atoms with Crippen LogP contribution in [0.3, 0.4) is 0 Å². The van der Waals surface area contributed by atoms with E-state index in [2.05, 4.69) is 4.98 Å². The highest BCUT2D eigenvalue weighted by molar-refractivity contribution is 6.40. The summed E-state index contributed by atoms with van der Waals surface area (Å²) in [5, 5.41) is 0. The third-order valence-electron chi connectivity index (χ3n) is 5.03. The SMILES string of the molecule is Cc1ccc(N2CCN(Cc3nc(-c4ccccc4)oc3C)C(=O)C2=O)cc1F. The summed E-state index contributed by atoms with van der Waals surface area (Å²) in [5.74, 6) is -0.639. The molecular weight excluding hydrogens is 373 g/mol. The predicted molar refractivity (Wildman–Crippen MR) is 106 cm³/mol. The van der Waals surface area contributed by atoms with E-state index in [-0.39, 0.29) is 13.1 Å². The minimum atomic E-state index is -0.677. The van der Waals surface area contributed by atoms with E-state index in [0.717, 1.165) is 5.56 Å². The second-order valence-electron chi connectivity index (χ2n) is 7.00. The molecule has 2 amide bonds. The number of hydrogen-bond acceptors (Lipinski definition) is 4. The van der Waals surface area contributed by atoms with Gasteiger partial charge in [-0.05, 0) is 43.7 Å². The number of amides is 2. The van der Waals surface area contributed by atoms with Crippen LogP contribution in [-0.2, 0) is 16.1 Å². The average molecular weight is 393 g/mol. The van der Waals surface area contributed by atoms with Crippen LogP contribution in [0.2, 0.25) is 0 Å². The van der Waals surface area contributed by atoms with Gasteiger partial charge in [0.2, 0.25) is 5.89 Å². The van der Waals surface area contributed by atoms with Crippen LogP contribution in [0.4, 0.5) is 10.1 Å². The highest BCUT2D eigenvalue weighted by Gasteiger charge is 2.34. The van der Waals surface area contributed by atoms with Crippen molar-refractivity contribution < 1.29 is 18.4 Å². The topological polar surface area (TPSA) is 66.7 Å². The average Bonchev–Trinajstić information content (AvgIpc) is 3.09. The number of benzene rings is 2. The van der Waals surface area contributed by atoms with E-state index < -0.39 is 17.6 Å². The monoisotopic (exact) mass is 393 g/mol. The molecule has 6 nitrogen and oxygen atoms in total. The molecule has 0 unspecified atom stereocenters. The summed E-state index contributed by atoms with van der Waals surface area (Å²) in [6.45, 7) is 4.23. The van der Waals surface area contributed by atoms with Crippen molar-refractivity contribution in [2.45, 2.75) is 20.4 Å². The minimum Gasteiger partial charge on any atom is -0.441 e. The van der Waals surface area contributed by atoms with Gasteiger partial charge >= 0.3 is 11.8 Å². The molecule has 1 fully saturated rings. The zero-order valence-electron chi connectivity index (χ0n) is 16.2. The largest absolute Gasteiger partial charge is 0.441 e. The smallest absolute Gasteiger partial charge is 0.316 e. The number of piperazine rings is 1. The first kappa shape index (κ1) is 18.9. The fourth-order valence-corrected chi connectivity index (χ4v) is 3.28. The molecule has 2 heterocycles. The van der Waals surface area contributed by atoms with Crippen LogP contribution in [0.1, 0.15) is 17.0 Å². The molecule has 0 spiro atoms. The van der Waals surface area contributed by atoms with Crippen molar-refractivity contribution in [3.63, 3.8) is 0 Å². The number of carbonyl (C=O) groups is 2. The van der Waals surface area contributed by atoms with E-state index in [0.29, 0.717) is 35.1 Å². The maximum Gasteiger partial charge on any atom is 0.316 e. The molecule has 1 aliphatic rings. The molecule has 0 bridgehead atoms. The summed E-state index contributed by atoms with van der Waals surface area (Å²) >= 11 is 0. The number of carbonyl (C=O) groups excluding carboxylic acids is 2. The predicted octanol–water partition coefficient (Wildman–Crippen LogP) is 3.47. The molecule has 4 rings (SSSR count). The van der Waals surface area contributed by atoms with Crippen molar-refractivity contribution in [1.29, 1.82) is 0 Å². The Morgan fingerprint density at radius 1 is 1.03 bits per heavy atom. The summed E-state index contributed by atoms with van der Waals surface area (Å²) in [7, 11) is 0. The Labute approximate surface area is 167 Å². The number of aryl methyl sites for hydroxylation is 2. The number of rotatable bonds is 4. The molecular formula is C22H20FN3O3. The van der Waals surface area contributed by atoms with E-state index in [4.69, 9.17) is 4.42 Å². The molecule has 1 saturated heterocycles. The summed E-state index contributed by atoms with van der Waals surface area (Å²) in [5.41, 5.74) is 2.33. The summed E-state index contributed by atoms with van der Waals surface area (Å²) < 4.78 is 19.6. The van der Waals surface area contributed by atoms with Crippen molar-refractivity contribution in [2.24, 2.45) is 0 Å². The lowest BCUT2D eigenvalue weighted by Crippen LogP contribution is -2.54. The minimum absolute atomic E-state index is 0.183. The summed E-state index contributed by atoms with van der Waals surface area (Å²) in [6, 6.07) is 14.0. The fourth-order valence-electron chi connectivity index (χ4n) is 3.28. The number of hydrogen-bond donors (Lipinski definition) is 0. The van der Waals surface area contributed by atoms with E-state index in [1.165, 1.54) is 15.9 Å². The van der Waals surface area contributed by atoms with Gasteiger partial charge in [0.25, 0.3) is 0 Å². The maximum atomic E-state index is 13.9. The fraction of sp³-hybridized carbons (Fsp3) is 0.227. The molecule has 0 N–H and O–H groups in total. The van der Waals surface area contributed by atoms with Gasteiger partial charge in [-0.2, -0.15) is 0 Å². The van der Waals surface area contributed by atoms with Crippen LogP contribution in [-0.4, -0.2) is 34.8 Å². The highest BCUT2D eigenvalue weighted by Crippen LogP contribution is 2.24. The molecule has 2 aromatic carbocycles. The molecule has 0 aliphatic carbocycles. The molecule has 0 radical (unpaired) electrons. The summed E-state index contributed by atoms with van der Waals surface area (Å²) in [4.78, 5) is 32.5. The van der Waals surface area contributed by atoms with E-state index in [1.54, 1.807) is 26.0 Å². The molecule has 1 aliphatic heterocycles. The van der Waals surface area contributed by atoms with E-state index in [9.17, 15) is 14.0 Å². The van der Waals surface area contributed by atoms with Gasteiger partial charge < -0.3 is 14.2 Å². The van der Waals surface area contributed by atoms with Crippen molar-refractivity contribution in [1.82, 2.24) is 9.88 Å². The molecule has 29 heavy (non-hydrogen) atoms. The second kappa shape index (κ2) is 7.50. The Balaban J connectivity index is 1.50. The third kappa shape index (κ3) is 3.63. The third-order valence-corrected chi connectivity index (χ3v) is 5.03. The lowest BCUT2D eigenvalue weighted by Gasteiger charge is -2.33. The molecule has 3 aromatic rings. The van der Waals surface area contributed by atoms with Crippen LogP contribution in [0.25, 0.3) is 11.5 Å². The molecule has 1 aromatic heterocycles. The molecule has 148 valence electrons. The molecule has 7 heteroatoms. The van der Waals surface area contributed by atoms with Gasteiger partial charge in [-0.15, -0.1) is 0 Å². The van der Waals surface area contributed by atoms with Crippen molar-refractivity contribution in [2.75, 3.05) is 18.0 Å². The molecule has 0 atom stereocenters. The summed E-state index contributed by atoms with van der Waals surface area (Å²) in [6.07, 6.45) is 0. The first-order valence-electron chi connectivity index (χ1n) is 9.32. The Morgan fingerprint density at radius 2 is 1.79 bits per heavy atom. The van der Waals surface area contributed by atoms with Crippen LogP contribution < -0.4 is 4.90 Å². The quantitative estimate of drug-likeness (QED) is 0.637. The Hall–Kier alpha value is -3.48. The number of nitrogens with zero attached hydrogens (tertiary/aromatic N) is 3. The van der Waals surface area contributed by atoms with E-state index >= 15 is 0 Å². The van der Waals surface area contributed by atoms with Gasteiger partial charge in [0, 0.05) is 24.3 Å². The van der Waals surface area contributed by atoms with Crippen molar-refractivity contribution in [3.8, 4) is 11.5 Å². The zero-order valence-corrected chi connectivity index (χ0v) is 16.2. The lowest BCUT2D eigenvalue weighted by atomic mass is 10.1. The van der Waals surface area contributed by atoms with Crippen LogP contribution in [0.15, 0.2) is 52.9 Å². The molecule has 0 saturated carbocycles. The lowest BCUT2D eigenvalue weighted by molar-refractivity contribution is -0.146.